The Morgan fingerprint density at radius 3 is 2.52 bits per heavy atom. The molecular formula is C21H39NO3. The maximum absolute atomic E-state index is 10.2. The summed E-state index contributed by atoms with van der Waals surface area (Å²) >= 11 is 0. The van der Waals surface area contributed by atoms with Crippen molar-refractivity contribution in [2.45, 2.75) is 84.5 Å². The third-order valence-electron chi connectivity index (χ3n) is 6.58. The minimum atomic E-state index is -0.786. The number of epoxide rings is 1. The second kappa shape index (κ2) is 8.51. The Kier molecular flexibility index (Phi) is 7.11. The van der Waals surface area contributed by atoms with Crippen LogP contribution in [0.5, 0.6) is 0 Å². The third kappa shape index (κ3) is 4.85. The van der Waals surface area contributed by atoms with Gasteiger partial charge in [-0.05, 0) is 69.6 Å². The van der Waals surface area contributed by atoms with E-state index in [0.717, 1.165) is 31.6 Å². The molecule has 0 aromatic rings. The Morgan fingerprint density at radius 1 is 1.32 bits per heavy atom. The van der Waals surface area contributed by atoms with Crippen LogP contribution in [0.15, 0.2) is 11.6 Å². The van der Waals surface area contributed by atoms with Gasteiger partial charge in [-0.2, -0.15) is 0 Å². The molecule has 4 nitrogen and oxygen atoms in total. The fourth-order valence-corrected chi connectivity index (χ4v) is 4.85. The van der Waals surface area contributed by atoms with E-state index in [1.165, 1.54) is 18.4 Å². The van der Waals surface area contributed by atoms with E-state index >= 15 is 0 Å². The first-order valence-electron chi connectivity index (χ1n) is 10.1. The fraction of sp³-hybridized carbons (Fsp3) is 0.905. The fourth-order valence-electron chi connectivity index (χ4n) is 4.85. The van der Waals surface area contributed by atoms with Crippen LogP contribution in [-0.4, -0.2) is 35.3 Å². The highest BCUT2D eigenvalue weighted by Crippen LogP contribution is 2.62. The predicted molar refractivity (Wildman–Crippen MR) is 102 cm³/mol. The average Bonchev–Trinajstić information content (AvgIpc) is 3.28. The highest BCUT2D eigenvalue weighted by atomic mass is 16.6. The molecule has 5 atom stereocenters. The van der Waals surface area contributed by atoms with E-state index in [2.05, 4.69) is 33.8 Å². The zero-order valence-corrected chi connectivity index (χ0v) is 16.6. The van der Waals surface area contributed by atoms with Gasteiger partial charge < -0.3 is 20.7 Å². The van der Waals surface area contributed by atoms with Crippen molar-refractivity contribution < 1.29 is 14.9 Å². The van der Waals surface area contributed by atoms with Gasteiger partial charge in [0.1, 0.15) is 11.8 Å². The van der Waals surface area contributed by atoms with Crippen molar-refractivity contribution in [1.29, 1.82) is 0 Å². The molecule has 0 radical (unpaired) electrons. The molecule has 1 aliphatic heterocycles. The van der Waals surface area contributed by atoms with Crippen molar-refractivity contribution in [2.24, 2.45) is 28.9 Å². The van der Waals surface area contributed by atoms with Crippen LogP contribution in [-0.2, 0) is 4.74 Å². The molecule has 1 saturated carbocycles. The zero-order valence-electron chi connectivity index (χ0n) is 16.6. The smallest absolute Gasteiger partial charge is 0.102 e. The summed E-state index contributed by atoms with van der Waals surface area (Å²) in [5.41, 5.74) is 6.70. The molecule has 1 aliphatic carbocycles. The van der Waals surface area contributed by atoms with Crippen molar-refractivity contribution in [3.05, 3.63) is 11.6 Å². The SMILES string of the molecule is C/C(=C/[C@@H](C)CC[C@@]1(CO)CC[C@H](C[C@H](N)O)[C@@]12CO2)CCC(C)C. The van der Waals surface area contributed by atoms with E-state index in [-0.39, 0.29) is 23.5 Å². The van der Waals surface area contributed by atoms with E-state index in [1.54, 1.807) is 0 Å². The molecule has 0 aromatic heterocycles. The quantitative estimate of drug-likeness (QED) is 0.318. The highest BCUT2D eigenvalue weighted by Gasteiger charge is 2.68. The van der Waals surface area contributed by atoms with Crippen LogP contribution >= 0.6 is 0 Å². The van der Waals surface area contributed by atoms with Crippen molar-refractivity contribution in [3.63, 3.8) is 0 Å². The van der Waals surface area contributed by atoms with Crippen LogP contribution in [0.2, 0.25) is 0 Å². The molecule has 0 bridgehead atoms. The standard InChI is InChI=1S/C21H39NO3/c1-15(2)5-6-16(3)11-17(4)7-9-20(13-23)10-8-18(12-19(22)24)21(20)14-25-21/h11,15,17-19,23-24H,5-10,12-14,22H2,1-4H3/b16-11-/t17-,18+,19+,20-,21-/m0/s1. The van der Waals surface area contributed by atoms with Crippen molar-refractivity contribution in [3.8, 4) is 0 Å². The van der Waals surface area contributed by atoms with Gasteiger partial charge in [-0.25, -0.2) is 0 Å². The van der Waals surface area contributed by atoms with Gasteiger partial charge in [-0.3, -0.25) is 0 Å². The van der Waals surface area contributed by atoms with Gasteiger partial charge in [0.2, 0.25) is 0 Å². The molecule has 2 aliphatic rings. The van der Waals surface area contributed by atoms with E-state index in [1.807, 2.05) is 0 Å². The van der Waals surface area contributed by atoms with Crippen LogP contribution in [0.1, 0.15) is 72.6 Å². The Morgan fingerprint density at radius 2 is 2.00 bits per heavy atom. The number of aliphatic hydroxyl groups excluding tert-OH is 2. The molecular weight excluding hydrogens is 314 g/mol. The molecule has 25 heavy (non-hydrogen) atoms. The van der Waals surface area contributed by atoms with Gasteiger partial charge in [-0.1, -0.05) is 32.4 Å². The summed E-state index contributed by atoms with van der Waals surface area (Å²) in [5.74, 6) is 1.54. The van der Waals surface area contributed by atoms with Gasteiger partial charge in [0.25, 0.3) is 0 Å². The number of hydrogen-bond acceptors (Lipinski definition) is 4. The molecule has 1 heterocycles. The zero-order chi connectivity index (χ0) is 18.7. The Labute approximate surface area is 153 Å². The first kappa shape index (κ1) is 20.9. The molecule has 0 unspecified atom stereocenters. The van der Waals surface area contributed by atoms with Gasteiger partial charge in [-0.15, -0.1) is 0 Å². The van der Waals surface area contributed by atoms with Crippen LogP contribution < -0.4 is 5.73 Å². The predicted octanol–water partition coefficient (Wildman–Crippen LogP) is 3.61. The topological polar surface area (TPSA) is 79.0 Å². The van der Waals surface area contributed by atoms with E-state index in [0.29, 0.717) is 18.9 Å². The lowest BCUT2D eigenvalue weighted by molar-refractivity contribution is 0.0185. The third-order valence-corrected chi connectivity index (χ3v) is 6.58. The second-order valence-corrected chi connectivity index (χ2v) is 9.12. The molecule has 0 amide bonds. The molecule has 1 saturated heterocycles. The van der Waals surface area contributed by atoms with Crippen molar-refractivity contribution in [2.75, 3.05) is 13.2 Å². The summed E-state index contributed by atoms with van der Waals surface area (Å²) in [5, 5.41) is 19.8. The number of rotatable bonds is 10. The molecule has 1 spiro atoms. The van der Waals surface area contributed by atoms with Crippen LogP contribution in [0.4, 0.5) is 0 Å². The summed E-state index contributed by atoms with van der Waals surface area (Å²) in [6, 6.07) is 0. The van der Waals surface area contributed by atoms with Gasteiger partial charge in [0.15, 0.2) is 0 Å². The largest absolute Gasteiger partial charge is 0.396 e. The second-order valence-electron chi connectivity index (χ2n) is 9.12. The highest BCUT2D eigenvalue weighted by molar-refractivity contribution is 5.16. The number of aliphatic hydroxyl groups is 2. The van der Waals surface area contributed by atoms with Crippen LogP contribution in [0, 0.1) is 23.2 Å². The van der Waals surface area contributed by atoms with E-state index in [9.17, 15) is 10.2 Å². The number of nitrogens with two attached hydrogens (primary N) is 1. The molecule has 4 heteroatoms. The molecule has 4 N–H and O–H groups in total. The Balaban J connectivity index is 1.93. The maximum Gasteiger partial charge on any atom is 0.102 e. The maximum atomic E-state index is 10.2. The van der Waals surface area contributed by atoms with Gasteiger partial charge >= 0.3 is 0 Å². The van der Waals surface area contributed by atoms with Gasteiger partial charge in [0.05, 0.1) is 13.2 Å². The normalized spacial score (nSPS) is 34.7. The number of hydrogen-bond donors (Lipinski definition) is 3. The minimum absolute atomic E-state index is 0.152. The summed E-state index contributed by atoms with van der Waals surface area (Å²) < 4.78 is 5.91. The number of allylic oxidation sites excluding steroid dienone is 2. The lowest BCUT2D eigenvalue weighted by Gasteiger charge is -2.35. The van der Waals surface area contributed by atoms with Crippen molar-refractivity contribution in [1.82, 2.24) is 0 Å². The Hall–Kier alpha value is -0.420. The monoisotopic (exact) mass is 353 g/mol. The lowest BCUT2D eigenvalue weighted by atomic mass is 9.71. The van der Waals surface area contributed by atoms with Crippen LogP contribution in [0.25, 0.3) is 0 Å². The van der Waals surface area contributed by atoms with Crippen LogP contribution in [0.3, 0.4) is 0 Å². The lowest BCUT2D eigenvalue weighted by Crippen LogP contribution is -2.42. The first-order valence-corrected chi connectivity index (χ1v) is 10.1. The molecule has 146 valence electrons. The van der Waals surface area contributed by atoms with E-state index < -0.39 is 6.23 Å². The summed E-state index contributed by atoms with van der Waals surface area (Å²) in [6.45, 7) is 9.94. The van der Waals surface area contributed by atoms with Gasteiger partial charge in [0, 0.05) is 5.41 Å². The minimum Gasteiger partial charge on any atom is -0.396 e. The first-order chi connectivity index (χ1) is 11.7. The Bertz CT molecular complexity index is 456. The van der Waals surface area contributed by atoms with Crippen molar-refractivity contribution >= 4 is 0 Å². The van der Waals surface area contributed by atoms with E-state index in [4.69, 9.17) is 10.5 Å². The summed E-state index contributed by atoms with van der Waals surface area (Å²) in [7, 11) is 0. The molecule has 0 aromatic carbocycles. The summed E-state index contributed by atoms with van der Waals surface area (Å²) in [6.07, 6.45) is 8.64. The molecule has 2 fully saturated rings. The number of ether oxygens (including phenoxy) is 1. The summed E-state index contributed by atoms with van der Waals surface area (Å²) in [4.78, 5) is 0. The average molecular weight is 354 g/mol. The molecule has 2 rings (SSSR count).